The lowest BCUT2D eigenvalue weighted by molar-refractivity contribution is -0.220. The number of esters is 2. The molecule has 0 heterocycles. The number of rotatable bonds is 10. The van der Waals surface area contributed by atoms with Crippen LogP contribution in [0.4, 0.5) is 0 Å². The average molecular weight is 423 g/mol. The zero-order chi connectivity index (χ0) is 22.2. The van der Waals surface area contributed by atoms with Crippen LogP contribution in [0.5, 0.6) is 0 Å². The van der Waals surface area contributed by atoms with E-state index in [4.69, 9.17) is 14.2 Å². The summed E-state index contributed by atoms with van der Waals surface area (Å²) in [5.41, 5.74) is -1.49. The molecule has 0 spiro atoms. The van der Waals surface area contributed by atoms with Gasteiger partial charge in [-0.2, -0.15) is 0 Å². The van der Waals surface area contributed by atoms with Crippen LogP contribution in [0.2, 0.25) is 0 Å². The van der Waals surface area contributed by atoms with Crippen molar-refractivity contribution in [2.45, 2.75) is 111 Å². The third-order valence-corrected chi connectivity index (χ3v) is 8.44. The highest BCUT2D eigenvalue weighted by Crippen LogP contribution is 2.63. The molecule has 172 valence electrons. The molecule has 0 radical (unpaired) electrons. The molecule has 0 aromatic rings. The predicted molar refractivity (Wildman–Crippen MR) is 116 cm³/mol. The monoisotopic (exact) mass is 422 g/mol. The largest absolute Gasteiger partial charge is 0.463 e. The van der Waals surface area contributed by atoms with Crippen molar-refractivity contribution in [3.05, 3.63) is 0 Å². The van der Waals surface area contributed by atoms with Crippen molar-refractivity contribution in [3.63, 3.8) is 0 Å². The number of carbonyl (C=O) groups excluding carboxylic acids is 2. The van der Waals surface area contributed by atoms with Gasteiger partial charge in [-0.25, -0.2) is 0 Å². The molecule has 30 heavy (non-hydrogen) atoms. The topological polar surface area (TPSA) is 61.8 Å². The summed E-state index contributed by atoms with van der Waals surface area (Å²) in [4.78, 5) is 25.6. The van der Waals surface area contributed by atoms with Gasteiger partial charge in [-0.15, -0.1) is 0 Å². The summed E-state index contributed by atoms with van der Waals surface area (Å²) in [7, 11) is 0. The van der Waals surface area contributed by atoms with Crippen LogP contribution in [0.1, 0.15) is 99.3 Å². The molecule has 0 aromatic carbocycles. The van der Waals surface area contributed by atoms with E-state index in [0.717, 1.165) is 51.4 Å². The zero-order valence-corrected chi connectivity index (χ0v) is 20.0. The Labute approximate surface area is 182 Å². The molecule has 5 heteroatoms. The Kier molecular flexibility index (Phi) is 6.63. The summed E-state index contributed by atoms with van der Waals surface area (Å²) >= 11 is 0. The molecule has 4 saturated carbocycles. The van der Waals surface area contributed by atoms with E-state index in [9.17, 15) is 9.59 Å². The van der Waals surface area contributed by atoms with Gasteiger partial charge in [0, 0.05) is 0 Å². The summed E-state index contributed by atoms with van der Waals surface area (Å²) < 4.78 is 18.0. The molecule has 4 bridgehead atoms. The molecule has 5 nitrogen and oxygen atoms in total. The van der Waals surface area contributed by atoms with Crippen molar-refractivity contribution in [1.82, 2.24) is 0 Å². The van der Waals surface area contributed by atoms with Gasteiger partial charge >= 0.3 is 11.9 Å². The molecular weight excluding hydrogens is 380 g/mol. The second kappa shape index (κ2) is 8.44. The molecule has 0 amide bonds. The van der Waals surface area contributed by atoms with Crippen molar-refractivity contribution in [2.24, 2.45) is 22.7 Å². The van der Waals surface area contributed by atoms with Gasteiger partial charge in [0.25, 0.3) is 0 Å². The molecular formula is C25H42O5. The molecule has 4 fully saturated rings. The average Bonchev–Trinajstić information content (AvgIpc) is 2.69. The number of hydrogen-bond donors (Lipinski definition) is 0. The third-order valence-electron chi connectivity index (χ3n) is 8.44. The lowest BCUT2D eigenvalue weighted by Crippen LogP contribution is -2.60. The van der Waals surface area contributed by atoms with E-state index in [0.29, 0.717) is 18.4 Å². The molecule has 2 atom stereocenters. The van der Waals surface area contributed by atoms with Crippen LogP contribution in [0, 0.1) is 22.7 Å². The summed E-state index contributed by atoms with van der Waals surface area (Å²) in [5.74, 6) is 0.897. The van der Waals surface area contributed by atoms with Crippen LogP contribution >= 0.6 is 0 Å². The van der Waals surface area contributed by atoms with Crippen LogP contribution in [-0.2, 0) is 23.8 Å². The van der Waals surface area contributed by atoms with E-state index < -0.39 is 10.8 Å². The maximum atomic E-state index is 13.4. The number of hydrogen-bond acceptors (Lipinski definition) is 5. The van der Waals surface area contributed by atoms with Crippen molar-refractivity contribution >= 4 is 11.9 Å². The molecule has 0 aliphatic heterocycles. The molecule has 0 aromatic heterocycles. The van der Waals surface area contributed by atoms with Crippen LogP contribution in [0.25, 0.3) is 0 Å². The summed E-state index contributed by atoms with van der Waals surface area (Å²) in [6, 6.07) is 0. The highest BCUT2D eigenvalue weighted by molar-refractivity contribution is 5.78. The second-order valence-corrected chi connectivity index (χ2v) is 11.2. The van der Waals surface area contributed by atoms with Crippen molar-refractivity contribution in [2.75, 3.05) is 13.2 Å². The molecule has 4 rings (SSSR count). The quantitative estimate of drug-likeness (QED) is 0.346. The first kappa shape index (κ1) is 23.6. The first-order valence-electron chi connectivity index (χ1n) is 12.1. The number of carbonyl (C=O) groups is 2. The van der Waals surface area contributed by atoms with E-state index in [-0.39, 0.29) is 29.7 Å². The summed E-state index contributed by atoms with van der Waals surface area (Å²) in [6.07, 6.45) is 8.30. The minimum Gasteiger partial charge on any atom is -0.463 e. The fourth-order valence-electron chi connectivity index (χ4n) is 6.04. The van der Waals surface area contributed by atoms with Gasteiger partial charge in [0.15, 0.2) is 0 Å². The van der Waals surface area contributed by atoms with Crippen molar-refractivity contribution in [3.8, 4) is 0 Å². The highest BCUT2D eigenvalue weighted by atomic mass is 16.6. The zero-order valence-electron chi connectivity index (χ0n) is 20.0. The lowest BCUT2D eigenvalue weighted by atomic mass is 9.48. The van der Waals surface area contributed by atoms with E-state index >= 15 is 0 Å². The minimum absolute atomic E-state index is 0.00750. The molecule has 4 aliphatic rings. The summed E-state index contributed by atoms with van der Waals surface area (Å²) in [5, 5.41) is 0. The van der Waals surface area contributed by atoms with Crippen LogP contribution < -0.4 is 0 Å². The molecule has 0 saturated heterocycles. The fourth-order valence-corrected chi connectivity index (χ4v) is 6.04. The molecule has 0 N–H and O–H groups in total. The van der Waals surface area contributed by atoms with Gasteiger partial charge in [-0.3, -0.25) is 9.59 Å². The van der Waals surface area contributed by atoms with Gasteiger partial charge in [0.1, 0.15) is 12.2 Å². The normalized spacial score (nSPS) is 32.9. The maximum absolute atomic E-state index is 13.4. The minimum atomic E-state index is -0.459. The van der Waals surface area contributed by atoms with Gasteiger partial charge < -0.3 is 14.2 Å². The second-order valence-electron chi connectivity index (χ2n) is 11.2. The van der Waals surface area contributed by atoms with Crippen LogP contribution in [-0.4, -0.2) is 36.4 Å². The SMILES string of the molecule is CCC(C)(CC)OC(=O)C12CC3CC(CC(OCCOC(=O)C(C)(C)CC)(C3)C1)C2. The first-order chi connectivity index (χ1) is 14.0. The Morgan fingerprint density at radius 3 is 2.03 bits per heavy atom. The predicted octanol–water partition coefficient (Wildman–Crippen LogP) is 5.44. The standard InChI is InChI=1S/C25H42O5/c1-7-22(4,5)20(26)28-10-11-29-25-15-18-12-19(16-25)14-24(13-18,17-25)21(27)30-23(6,8-2)9-3/h18-19H,7-17H2,1-6H3. The Hall–Kier alpha value is -1.10. The van der Waals surface area contributed by atoms with Gasteiger partial charge in [-0.1, -0.05) is 20.8 Å². The van der Waals surface area contributed by atoms with Crippen LogP contribution in [0.15, 0.2) is 0 Å². The Morgan fingerprint density at radius 2 is 1.50 bits per heavy atom. The lowest BCUT2D eigenvalue weighted by Gasteiger charge is -2.60. The van der Waals surface area contributed by atoms with E-state index in [1.807, 2.05) is 27.7 Å². The number of ether oxygens (including phenoxy) is 3. The third kappa shape index (κ3) is 4.56. The molecule has 2 unspecified atom stereocenters. The van der Waals surface area contributed by atoms with E-state index in [1.54, 1.807) is 0 Å². The highest BCUT2D eigenvalue weighted by Gasteiger charge is 2.62. The van der Waals surface area contributed by atoms with Crippen molar-refractivity contribution in [1.29, 1.82) is 0 Å². The van der Waals surface area contributed by atoms with E-state index in [1.165, 1.54) is 6.42 Å². The Bertz CT molecular complexity index is 634. The van der Waals surface area contributed by atoms with E-state index in [2.05, 4.69) is 13.8 Å². The summed E-state index contributed by atoms with van der Waals surface area (Å²) in [6.45, 7) is 12.7. The first-order valence-corrected chi connectivity index (χ1v) is 12.1. The maximum Gasteiger partial charge on any atom is 0.312 e. The van der Waals surface area contributed by atoms with Gasteiger partial charge in [0.2, 0.25) is 0 Å². The van der Waals surface area contributed by atoms with Crippen molar-refractivity contribution < 1.29 is 23.8 Å². The Morgan fingerprint density at radius 1 is 0.900 bits per heavy atom. The molecule has 4 aliphatic carbocycles. The van der Waals surface area contributed by atoms with Crippen LogP contribution in [0.3, 0.4) is 0 Å². The Balaban J connectivity index is 1.63. The van der Waals surface area contributed by atoms with Gasteiger partial charge in [0.05, 0.1) is 23.0 Å². The smallest absolute Gasteiger partial charge is 0.312 e. The fraction of sp³-hybridized carbons (Fsp3) is 0.920. The van der Waals surface area contributed by atoms with Gasteiger partial charge in [-0.05, 0) is 90.4 Å².